The van der Waals surface area contributed by atoms with Gasteiger partial charge < -0.3 is 0 Å². The second-order valence-corrected chi connectivity index (χ2v) is 8.91. The fraction of sp³-hybridized carbons (Fsp3) is 0.391. The molecule has 0 unspecified atom stereocenters. The van der Waals surface area contributed by atoms with E-state index in [4.69, 9.17) is 4.98 Å². The standard InChI is InChI=1S/C23H28N4O3S/c1-16(2)25(17(3)4)13-14-26-22(28)19-10-6-7-11-20(19)24-23(26)31-15-18-9-5-8-12-21(18)27(29)30/h5-12,16-17H,13-15H2,1-4H3. The van der Waals surface area contributed by atoms with Crippen LogP contribution in [0, 0.1) is 10.1 Å². The van der Waals surface area contributed by atoms with Crippen LogP contribution in [0.5, 0.6) is 0 Å². The first-order valence-electron chi connectivity index (χ1n) is 10.4. The first-order chi connectivity index (χ1) is 14.8. The van der Waals surface area contributed by atoms with E-state index in [-0.39, 0.29) is 16.2 Å². The van der Waals surface area contributed by atoms with Crippen molar-refractivity contribution in [2.24, 2.45) is 0 Å². The molecule has 0 aliphatic carbocycles. The molecule has 0 atom stereocenters. The van der Waals surface area contributed by atoms with Gasteiger partial charge in [0.15, 0.2) is 5.16 Å². The molecular formula is C23H28N4O3S. The third-order valence-corrected chi connectivity index (χ3v) is 6.31. The molecule has 8 heteroatoms. The average Bonchev–Trinajstić information content (AvgIpc) is 2.73. The van der Waals surface area contributed by atoms with Crippen molar-refractivity contribution in [1.29, 1.82) is 0 Å². The largest absolute Gasteiger partial charge is 0.297 e. The molecule has 0 fully saturated rings. The topological polar surface area (TPSA) is 81.3 Å². The molecule has 0 amide bonds. The van der Waals surface area contributed by atoms with Gasteiger partial charge in [-0.1, -0.05) is 42.1 Å². The van der Waals surface area contributed by atoms with Crippen LogP contribution in [-0.4, -0.2) is 38.0 Å². The molecule has 1 aromatic heterocycles. The van der Waals surface area contributed by atoms with Crippen molar-refractivity contribution in [3.8, 4) is 0 Å². The third kappa shape index (κ3) is 5.32. The Morgan fingerprint density at radius 3 is 2.39 bits per heavy atom. The highest BCUT2D eigenvalue weighted by molar-refractivity contribution is 7.98. The second-order valence-electron chi connectivity index (χ2n) is 7.97. The van der Waals surface area contributed by atoms with Gasteiger partial charge in [0.05, 0.1) is 15.8 Å². The Morgan fingerprint density at radius 1 is 1.06 bits per heavy atom. The second kappa shape index (κ2) is 10.1. The number of rotatable bonds is 9. The molecule has 1 heterocycles. The first-order valence-corrected chi connectivity index (χ1v) is 11.4. The highest BCUT2D eigenvalue weighted by Crippen LogP contribution is 2.27. The average molecular weight is 441 g/mol. The summed E-state index contributed by atoms with van der Waals surface area (Å²) in [6.07, 6.45) is 0. The van der Waals surface area contributed by atoms with Gasteiger partial charge in [-0.2, -0.15) is 0 Å². The van der Waals surface area contributed by atoms with E-state index in [2.05, 4.69) is 32.6 Å². The lowest BCUT2D eigenvalue weighted by Gasteiger charge is -2.30. The van der Waals surface area contributed by atoms with Crippen molar-refractivity contribution in [3.05, 3.63) is 74.6 Å². The Labute approximate surface area is 186 Å². The van der Waals surface area contributed by atoms with Crippen LogP contribution in [0.25, 0.3) is 10.9 Å². The predicted molar refractivity (Wildman–Crippen MR) is 126 cm³/mol. The van der Waals surface area contributed by atoms with Crippen LogP contribution in [-0.2, 0) is 12.3 Å². The van der Waals surface area contributed by atoms with Gasteiger partial charge in [-0.25, -0.2) is 4.98 Å². The lowest BCUT2D eigenvalue weighted by Crippen LogP contribution is -2.40. The number of nitro benzene ring substituents is 1. The summed E-state index contributed by atoms with van der Waals surface area (Å²) in [7, 11) is 0. The molecule has 3 aromatic rings. The Bertz CT molecular complexity index is 1120. The van der Waals surface area contributed by atoms with Crippen LogP contribution >= 0.6 is 11.8 Å². The number of fused-ring (bicyclic) bond motifs is 1. The summed E-state index contributed by atoms with van der Waals surface area (Å²) >= 11 is 1.36. The predicted octanol–water partition coefficient (Wildman–Crippen LogP) is 4.72. The molecular weight excluding hydrogens is 412 g/mol. The Kier molecular flexibility index (Phi) is 7.46. The lowest BCUT2D eigenvalue weighted by molar-refractivity contribution is -0.385. The molecule has 0 spiro atoms. The summed E-state index contributed by atoms with van der Waals surface area (Å²) in [4.78, 5) is 31.3. The molecule has 164 valence electrons. The van der Waals surface area contributed by atoms with Gasteiger partial charge in [0.25, 0.3) is 11.2 Å². The number of aromatic nitrogens is 2. The number of thioether (sulfide) groups is 1. The van der Waals surface area contributed by atoms with Crippen molar-refractivity contribution < 1.29 is 4.92 Å². The summed E-state index contributed by atoms with van der Waals surface area (Å²) < 4.78 is 1.71. The normalized spacial score (nSPS) is 11.7. The molecule has 0 bridgehead atoms. The van der Waals surface area contributed by atoms with E-state index < -0.39 is 0 Å². The molecule has 2 aromatic carbocycles. The molecule has 3 rings (SSSR count). The SMILES string of the molecule is CC(C)N(CCn1c(SCc2ccccc2[N+](=O)[O-])nc2ccccc2c1=O)C(C)C. The van der Waals surface area contributed by atoms with E-state index in [1.54, 1.807) is 28.8 Å². The van der Waals surface area contributed by atoms with Crippen molar-refractivity contribution in [2.45, 2.75) is 57.2 Å². The minimum absolute atomic E-state index is 0.0791. The van der Waals surface area contributed by atoms with E-state index in [1.165, 1.54) is 17.8 Å². The van der Waals surface area contributed by atoms with Crippen LogP contribution in [0.2, 0.25) is 0 Å². The van der Waals surface area contributed by atoms with Crippen LogP contribution in [0.3, 0.4) is 0 Å². The van der Waals surface area contributed by atoms with Gasteiger partial charge in [0.2, 0.25) is 0 Å². The summed E-state index contributed by atoms with van der Waals surface area (Å²) in [6.45, 7) is 9.80. The van der Waals surface area contributed by atoms with Gasteiger partial charge in [0, 0.05) is 42.6 Å². The zero-order valence-electron chi connectivity index (χ0n) is 18.3. The summed E-state index contributed by atoms with van der Waals surface area (Å²) in [5, 5.41) is 12.5. The van der Waals surface area contributed by atoms with Crippen molar-refractivity contribution in [2.75, 3.05) is 6.54 Å². The van der Waals surface area contributed by atoms with Gasteiger partial charge in [-0.05, 0) is 39.8 Å². The smallest absolute Gasteiger partial charge is 0.273 e. The molecule has 0 aliphatic heterocycles. The van der Waals surface area contributed by atoms with E-state index in [1.807, 2.05) is 18.2 Å². The number of nitro groups is 1. The van der Waals surface area contributed by atoms with Gasteiger partial charge in [-0.3, -0.25) is 24.4 Å². The first kappa shape index (κ1) is 23.0. The maximum Gasteiger partial charge on any atom is 0.273 e. The monoisotopic (exact) mass is 440 g/mol. The number of hydrogen-bond donors (Lipinski definition) is 0. The van der Waals surface area contributed by atoms with E-state index >= 15 is 0 Å². The third-order valence-electron chi connectivity index (χ3n) is 5.28. The molecule has 0 saturated heterocycles. The summed E-state index contributed by atoms with van der Waals surface area (Å²) in [5.74, 6) is 0.361. The zero-order valence-corrected chi connectivity index (χ0v) is 19.1. The number of para-hydroxylation sites is 2. The summed E-state index contributed by atoms with van der Waals surface area (Å²) in [6, 6.07) is 14.7. The van der Waals surface area contributed by atoms with Crippen molar-refractivity contribution in [1.82, 2.24) is 14.5 Å². The highest BCUT2D eigenvalue weighted by atomic mass is 32.2. The van der Waals surface area contributed by atoms with Gasteiger partial charge in [-0.15, -0.1) is 0 Å². The number of hydrogen-bond acceptors (Lipinski definition) is 6. The lowest BCUT2D eigenvalue weighted by atomic mass is 10.2. The Morgan fingerprint density at radius 2 is 1.71 bits per heavy atom. The Hall–Kier alpha value is -2.71. The fourth-order valence-electron chi connectivity index (χ4n) is 3.74. The minimum Gasteiger partial charge on any atom is -0.297 e. The maximum absolute atomic E-state index is 13.3. The quantitative estimate of drug-likeness (QED) is 0.207. The van der Waals surface area contributed by atoms with Crippen LogP contribution in [0.1, 0.15) is 33.3 Å². The van der Waals surface area contributed by atoms with Crippen molar-refractivity contribution >= 4 is 28.4 Å². The molecule has 0 N–H and O–H groups in total. The van der Waals surface area contributed by atoms with Crippen LogP contribution in [0.4, 0.5) is 5.69 Å². The van der Waals surface area contributed by atoms with E-state index in [9.17, 15) is 14.9 Å². The van der Waals surface area contributed by atoms with Gasteiger partial charge in [0.1, 0.15) is 0 Å². The summed E-state index contributed by atoms with van der Waals surface area (Å²) in [5.41, 5.74) is 1.24. The molecule has 0 saturated carbocycles. The minimum atomic E-state index is -0.375. The molecule has 7 nitrogen and oxygen atoms in total. The fourth-order valence-corrected chi connectivity index (χ4v) is 4.76. The van der Waals surface area contributed by atoms with Gasteiger partial charge >= 0.3 is 0 Å². The van der Waals surface area contributed by atoms with E-state index in [0.717, 1.165) is 0 Å². The maximum atomic E-state index is 13.3. The number of nitrogens with zero attached hydrogens (tertiary/aromatic N) is 4. The van der Waals surface area contributed by atoms with E-state index in [0.29, 0.717) is 52.5 Å². The number of benzene rings is 2. The van der Waals surface area contributed by atoms with Crippen LogP contribution in [0.15, 0.2) is 58.5 Å². The van der Waals surface area contributed by atoms with Crippen molar-refractivity contribution in [3.63, 3.8) is 0 Å². The molecule has 0 aliphatic rings. The zero-order chi connectivity index (χ0) is 22.5. The van der Waals surface area contributed by atoms with Crippen LogP contribution < -0.4 is 5.56 Å². The Balaban J connectivity index is 1.97. The highest BCUT2D eigenvalue weighted by Gasteiger charge is 2.18. The molecule has 0 radical (unpaired) electrons. The molecule has 31 heavy (non-hydrogen) atoms.